The molecule has 76 valence electrons. The van der Waals surface area contributed by atoms with E-state index in [1.165, 1.54) is 12.1 Å². The minimum atomic E-state index is -0.898. The van der Waals surface area contributed by atoms with E-state index in [1.807, 2.05) is 0 Å². The third kappa shape index (κ3) is 1.22. The van der Waals surface area contributed by atoms with Crippen molar-refractivity contribution in [1.82, 2.24) is 0 Å². The average Bonchev–Trinajstić information content (AvgIpc) is 2.21. The van der Waals surface area contributed by atoms with E-state index in [0.29, 0.717) is 0 Å². The molecule has 0 saturated heterocycles. The lowest BCUT2D eigenvalue weighted by Gasteiger charge is -2.08. The van der Waals surface area contributed by atoms with Crippen LogP contribution in [0.3, 0.4) is 0 Å². The SMILES string of the molecule is Cc1ccc(-c2c(O)c(=O)c2=O)c(O)c1. The van der Waals surface area contributed by atoms with Gasteiger partial charge in [-0.15, -0.1) is 0 Å². The molecule has 0 bridgehead atoms. The Hall–Kier alpha value is -2.10. The first-order chi connectivity index (χ1) is 7.02. The van der Waals surface area contributed by atoms with Gasteiger partial charge in [0.1, 0.15) is 5.75 Å². The molecule has 4 heteroatoms. The molecule has 2 aromatic rings. The molecule has 2 aromatic carbocycles. The summed E-state index contributed by atoms with van der Waals surface area (Å²) < 4.78 is 0. The lowest BCUT2D eigenvalue weighted by atomic mass is 9.98. The lowest BCUT2D eigenvalue weighted by molar-refractivity contribution is 0.460. The number of rotatable bonds is 1. The number of hydrogen-bond donors (Lipinski definition) is 2. The maximum Gasteiger partial charge on any atom is 0.268 e. The molecule has 0 amide bonds. The lowest BCUT2D eigenvalue weighted by Crippen LogP contribution is -2.31. The Kier molecular flexibility index (Phi) is 1.86. The second-order valence-corrected chi connectivity index (χ2v) is 3.40. The maximum absolute atomic E-state index is 11.1. The summed E-state index contributed by atoms with van der Waals surface area (Å²) in [4.78, 5) is 21.9. The fourth-order valence-electron chi connectivity index (χ4n) is 1.48. The molecule has 0 spiro atoms. The highest BCUT2D eigenvalue weighted by molar-refractivity contribution is 5.78. The van der Waals surface area contributed by atoms with Crippen LogP contribution in [0.2, 0.25) is 0 Å². The number of hydrogen-bond acceptors (Lipinski definition) is 4. The molecule has 2 rings (SSSR count). The normalized spacial score (nSPS) is 10.7. The van der Waals surface area contributed by atoms with Gasteiger partial charge in [0.25, 0.3) is 5.43 Å². The predicted molar refractivity (Wildman–Crippen MR) is 54.9 cm³/mol. The van der Waals surface area contributed by atoms with Crippen LogP contribution in [0.4, 0.5) is 0 Å². The molecule has 0 fully saturated rings. The van der Waals surface area contributed by atoms with Gasteiger partial charge in [0.2, 0.25) is 5.43 Å². The quantitative estimate of drug-likeness (QED) is 0.669. The van der Waals surface area contributed by atoms with E-state index in [-0.39, 0.29) is 16.9 Å². The highest BCUT2D eigenvalue weighted by atomic mass is 16.3. The molecule has 0 saturated carbocycles. The monoisotopic (exact) mass is 204 g/mol. The van der Waals surface area contributed by atoms with Crippen molar-refractivity contribution in [3.63, 3.8) is 0 Å². The molecule has 0 aliphatic rings. The zero-order chi connectivity index (χ0) is 11.2. The van der Waals surface area contributed by atoms with Crippen LogP contribution in [0, 0.1) is 6.92 Å². The summed E-state index contributed by atoms with van der Waals surface area (Å²) in [5, 5.41) is 18.7. The first kappa shape index (κ1) is 9.45. The third-order valence-electron chi connectivity index (χ3n) is 2.31. The molecule has 2 N–H and O–H groups in total. The van der Waals surface area contributed by atoms with Crippen molar-refractivity contribution in [1.29, 1.82) is 0 Å². The van der Waals surface area contributed by atoms with Gasteiger partial charge in [0.05, 0.1) is 5.56 Å². The fourth-order valence-corrected chi connectivity index (χ4v) is 1.48. The Bertz CT molecular complexity index is 603. The van der Waals surface area contributed by atoms with Crippen LogP contribution in [-0.2, 0) is 0 Å². The maximum atomic E-state index is 11.1. The molecule has 15 heavy (non-hydrogen) atoms. The van der Waals surface area contributed by atoms with Gasteiger partial charge in [0, 0.05) is 5.56 Å². The van der Waals surface area contributed by atoms with Gasteiger partial charge < -0.3 is 10.2 Å². The Morgan fingerprint density at radius 1 is 1.07 bits per heavy atom. The minimum Gasteiger partial charge on any atom is -0.507 e. The second kappa shape index (κ2) is 2.95. The van der Waals surface area contributed by atoms with Gasteiger partial charge in [-0.3, -0.25) is 9.59 Å². The van der Waals surface area contributed by atoms with Crippen LogP contribution >= 0.6 is 0 Å². The van der Waals surface area contributed by atoms with Crippen LogP contribution in [-0.4, -0.2) is 10.2 Å². The van der Waals surface area contributed by atoms with Gasteiger partial charge >= 0.3 is 0 Å². The van der Waals surface area contributed by atoms with Crippen LogP contribution in [0.5, 0.6) is 11.5 Å². The van der Waals surface area contributed by atoms with Crippen molar-refractivity contribution in [2.45, 2.75) is 6.92 Å². The highest BCUT2D eigenvalue weighted by Gasteiger charge is 2.23. The third-order valence-corrected chi connectivity index (χ3v) is 2.31. The molecular weight excluding hydrogens is 196 g/mol. The number of phenols is 1. The smallest absolute Gasteiger partial charge is 0.268 e. The zero-order valence-corrected chi connectivity index (χ0v) is 7.94. The Balaban J connectivity index is 2.67. The largest absolute Gasteiger partial charge is 0.507 e. The summed E-state index contributed by atoms with van der Waals surface area (Å²) in [6, 6.07) is 4.65. The van der Waals surface area contributed by atoms with Crippen molar-refractivity contribution in [2.75, 3.05) is 0 Å². The summed E-state index contributed by atoms with van der Waals surface area (Å²) in [7, 11) is 0. The molecular formula is C11H8O4. The van der Waals surface area contributed by atoms with E-state index in [0.717, 1.165) is 5.56 Å². The molecule has 0 unspecified atom stereocenters. The van der Waals surface area contributed by atoms with E-state index >= 15 is 0 Å². The van der Waals surface area contributed by atoms with E-state index in [9.17, 15) is 19.8 Å². The molecule has 0 heterocycles. The van der Waals surface area contributed by atoms with Crippen molar-refractivity contribution in [2.24, 2.45) is 0 Å². The summed E-state index contributed by atoms with van der Waals surface area (Å²) in [6.45, 7) is 1.78. The van der Waals surface area contributed by atoms with Crippen molar-refractivity contribution in [3.8, 4) is 22.6 Å². The Morgan fingerprint density at radius 3 is 2.27 bits per heavy atom. The zero-order valence-electron chi connectivity index (χ0n) is 7.94. The van der Waals surface area contributed by atoms with Gasteiger partial charge in [-0.1, -0.05) is 12.1 Å². The molecule has 0 atom stereocenters. The Labute approximate surface area is 84.7 Å². The topological polar surface area (TPSA) is 74.6 Å². The van der Waals surface area contributed by atoms with Crippen molar-refractivity contribution in [3.05, 3.63) is 44.2 Å². The van der Waals surface area contributed by atoms with Gasteiger partial charge in [-0.25, -0.2) is 0 Å². The molecule has 0 aliphatic carbocycles. The van der Waals surface area contributed by atoms with E-state index < -0.39 is 16.6 Å². The standard InChI is InChI=1S/C11H8O4/c1-5-2-3-6(7(12)4-5)8-9(13)11(15)10(8)14/h2-4,12-13H,1H3. The first-order valence-electron chi connectivity index (χ1n) is 4.34. The Morgan fingerprint density at radius 2 is 1.73 bits per heavy atom. The number of phenolic OH excluding ortho intramolecular Hbond substituents is 1. The molecule has 0 aliphatic heterocycles. The van der Waals surface area contributed by atoms with Gasteiger partial charge in [0.15, 0.2) is 5.75 Å². The van der Waals surface area contributed by atoms with Crippen LogP contribution in [0.15, 0.2) is 27.8 Å². The van der Waals surface area contributed by atoms with E-state index in [1.54, 1.807) is 13.0 Å². The number of aromatic hydroxyl groups is 2. The van der Waals surface area contributed by atoms with Crippen LogP contribution in [0.25, 0.3) is 11.1 Å². The molecule has 0 aromatic heterocycles. The first-order valence-corrected chi connectivity index (χ1v) is 4.34. The summed E-state index contributed by atoms with van der Waals surface area (Å²) in [6.07, 6.45) is 0. The number of aryl methyl sites for hydroxylation is 1. The average molecular weight is 204 g/mol. The van der Waals surface area contributed by atoms with E-state index in [4.69, 9.17) is 0 Å². The predicted octanol–water partition coefficient (Wildman–Crippen LogP) is 0.669. The summed E-state index contributed by atoms with van der Waals surface area (Å²) in [5.74, 6) is -0.684. The second-order valence-electron chi connectivity index (χ2n) is 3.40. The minimum absolute atomic E-state index is 0.0995. The molecule has 0 radical (unpaired) electrons. The number of benzene rings is 1. The highest BCUT2D eigenvalue weighted by Crippen LogP contribution is 2.32. The summed E-state index contributed by atoms with van der Waals surface area (Å²) >= 11 is 0. The fraction of sp³-hybridized carbons (Fsp3) is 0.0909. The van der Waals surface area contributed by atoms with Gasteiger partial charge in [-0.2, -0.15) is 0 Å². The molecule has 4 nitrogen and oxygen atoms in total. The van der Waals surface area contributed by atoms with Gasteiger partial charge in [-0.05, 0) is 18.6 Å². The summed E-state index contributed by atoms with van der Waals surface area (Å²) in [5.41, 5.74) is -0.730. The van der Waals surface area contributed by atoms with E-state index in [2.05, 4.69) is 0 Å². The van der Waals surface area contributed by atoms with Crippen LogP contribution < -0.4 is 10.9 Å². The van der Waals surface area contributed by atoms with Crippen molar-refractivity contribution >= 4 is 0 Å². The van der Waals surface area contributed by atoms with Crippen molar-refractivity contribution < 1.29 is 10.2 Å². The van der Waals surface area contributed by atoms with Crippen LogP contribution in [0.1, 0.15) is 5.56 Å².